The van der Waals surface area contributed by atoms with Crippen LogP contribution in [0.1, 0.15) is 71.1 Å². The maximum atomic E-state index is 10.2. The number of hydrogen-bond donors (Lipinski definition) is 1. The molecule has 1 fully saturated rings. The molecule has 120 valence electrons. The average molecular weight is 294 g/mol. The van der Waals surface area contributed by atoms with E-state index >= 15 is 0 Å². The molecule has 2 atom stereocenters. The Morgan fingerprint density at radius 2 is 1.67 bits per heavy atom. The van der Waals surface area contributed by atoms with E-state index in [0.717, 1.165) is 18.9 Å². The van der Waals surface area contributed by atoms with Gasteiger partial charge in [0.15, 0.2) is 0 Å². The molecule has 1 N–H and O–H groups in total. The van der Waals surface area contributed by atoms with Crippen molar-refractivity contribution in [3.8, 4) is 0 Å². The first-order valence-electron chi connectivity index (χ1n) is 8.45. The molecule has 1 aliphatic rings. The molecule has 0 radical (unpaired) electrons. The Bertz CT molecular complexity index is 333. The van der Waals surface area contributed by atoms with E-state index in [4.69, 9.17) is 9.84 Å². The molecule has 1 saturated heterocycles. The van der Waals surface area contributed by atoms with Crippen LogP contribution in [0.3, 0.4) is 0 Å². The van der Waals surface area contributed by atoms with Crippen LogP contribution < -0.4 is 0 Å². The highest BCUT2D eigenvalue weighted by molar-refractivity contribution is 5.80. The molecule has 0 spiro atoms. The molecule has 0 amide bonds. The zero-order valence-corrected chi connectivity index (χ0v) is 13.3. The standard InChI is InChI=1S/C18H30O3/c1-2-3-4-7-10-13-16-17(21-16)14-11-8-5-6-9-12-15-18(19)20/h6,9,12,15-17H,2-5,7-8,10-11,13-14H2,1H3,(H,19,20). The molecule has 0 aromatic heterocycles. The number of carboxylic acid groups (broad SMARTS) is 1. The lowest BCUT2D eigenvalue weighted by Crippen LogP contribution is -1.94. The molecule has 1 heterocycles. The fraction of sp³-hybridized carbons (Fsp3) is 0.722. The number of carboxylic acids is 1. The Labute approximate surface area is 129 Å². The van der Waals surface area contributed by atoms with Crippen LogP contribution in [0.15, 0.2) is 24.3 Å². The third-order valence-electron chi connectivity index (χ3n) is 3.88. The first kappa shape index (κ1) is 18.0. The summed E-state index contributed by atoms with van der Waals surface area (Å²) >= 11 is 0. The zero-order valence-electron chi connectivity index (χ0n) is 13.3. The van der Waals surface area contributed by atoms with Crippen molar-refractivity contribution in [1.82, 2.24) is 0 Å². The average Bonchev–Trinajstić information content (AvgIpc) is 3.20. The van der Waals surface area contributed by atoms with Gasteiger partial charge >= 0.3 is 5.97 Å². The van der Waals surface area contributed by atoms with E-state index in [2.05, 4.69) is 6.92 Å². The summed E-state index contributed by atoms with van der Waals surface area (Å²) in [4.78, 5) is 10.2. The predicted molar refractivity (Wildman–Crippen MR) is 86.4 cm³/mol. The second-order valence-electron chi connectivity index (χ2n) is 5.83. The zero-order chi connectivity index (χ0) is 15.3. The second kappa shape index (κ2) is 11.6. The lowest BCUT2D eigenvalue weighted by molar-refractivity contribution is -0.131. The fourth-order valence-corrected chi connectivity index (χ4v) is 2.56. The summed E-state index contributed by atoms with van der Waals surface area (Å²) in [5.74, 6) is -0.897. The number of hydrogen-bond acceptors (Lipinski definition) is 2. The summed E-state index contributed by atoms with van der Waals surface area (Å²) < 4.78 is 5.70. The Hall–Kier alpha value is -1.09. The Kier molecular flexibility index (Phi) is 9.88. The minimum absolute atomic E-state index is 0.520. The van der Waals surface area contributed by atoms with Gasteiger partial charge in [-0.25, -0.2) is 4.79 Å². The molecule has 0 aromatic rings. The quantitative estimate of drug-likeness (QED) is 0.228. The summed E-state index contributed by atoms with van der Waals surface area (Å²) in [5.41, 5.74) is 0. The van der Waals surface area contributed by atoms with Crippen LogP contribution in [0.2, 0.25) is 0 Å². The van der Waals surface area contributed by atoms with Gasteiger partial charge in [-0.05, 0) is 25.7 Å². The van der Waals surface area contributed by atoms with Crippen LogP contribution >= 0.6 is 0 Å². The molecule has 0 aliphatic carbocycles. The number of unbranched alkanes of at least 4 members (excludes halogenated alkanes) is 6. The van der Waals surface area contributed by atoms with E-state index in [-0.39, 0.29) is 0 Å². The summed E-state index contributed by atoms with van der Waals surface area (Å²) in [7, 11) is 0. The number of epoxide rings is 1. The van der Waals surface area contributed by atoms with Gasteiger partial charge < -0.3 is 9.84 Å². The van der Waals surface area contributed by atoms with Gasteiger partial charge in [-0.15, -0.1) is 0 Å². The summed E-state index contributed by atoms with van der Waals surface area (Å²) in [6, 6.07) is 0. The molecule has 0 saturated carbocycles. The first-order chi connectivity index (χ1) is 10.2. The Morgan fingerprint density at radius 1 is 1.00 bits per heavy atom. The van der Waals surface area contributed by atoms with Crippen molar-refractivity contribution in [2.75, 3.05) is 0 Å². The Balaban J connectivity index is 1.86. The van der Waals surface area contributed by atoms with E-state index in [0.29, 0.717) is 12.2 Å². The van der Waals surface area contributed by atoms with Crippen LogP contribution in [0, 0.1) is 0 Å². The topological polar surface area (TPSA) is 49.8 Å². The maximum absolute atomic E-state index is 10.2. The normalized spacial score (nSPS) is 21.4. The first-order valence-corrected chi connectivity index (χ1v) is 8.45. The van der Waals surface area contributed by atoms with Crippen molar-refractivity contribution < 1.29 is 14.6 Å². The minimum atomic E-state index is -0.897. The number of ether oxygens (including phenoxy) is 1. The SMILES string of the molecule is CCCCCCCC1OC1CCCCC=CC=CC(=O)O. The summed E-state index contributed by atoms with van der Waals surface area (Å²) in [6.45, 7) is 2.25. The van der Waals surface area contributed by atoms with Gasteiger partial charge in [-0.3, -0.25) is 0 Å². The van der Waals surface area contributed by atoms with Crippen molar-refractivity contribution in [2.45, 2.75) is 83.3 Å². The van der Waals surface area contributed by atoms with E-state index in [1.165, 1.54) is 51.4 Å². The summed E-state index contributed by atoms with van der Waals surface area (Å²) in [5, 5.41) is 8.42. The van der Waals surface area contributed by atoms with Gasteiger partial charge in [0.1, 0.15) is 0 Å². The van der Waals surface area contributed by atoms with Gasteiger partial charge in [0.2, 0.25) is 0 Å². The van der Waals surface area contributed by atoms with Crippen molar-refractivity contribution in [3.63, 3.8) is 0 Å². The second-order valence-corrected chi connectivity index (χ2v) is 5.83. The number of allylic oxidation sites excluding steroid dienone is 3. The third kappa shape index (κ3) is 10.3. The fourth-order valence-electron chi connectivity index (χ4n) is 2.56. The highest BCUT2D eigenvalue weighted by Crippen LogP contribution is 2.31. The number of carbonyl (C=O) groups is 1. The molecule has 1 aliphatic heterocycles. The maximum Gasteiger partial charge on any atom is 0.328 e. The molecule has 3 heteroatoms. The van der Waals surface area contributed by atoms with Gasteiger partial charge in [0.05, 0.1) is 12.2 Å². The number of aliphatic carboxylic acids is 1. The molecule has 21 heavy (non-hydrogen) atoms. The molecule has 3 nitrogen and oxygen atoms in total. The Morgan fingerprint density at radius 3 is 2.33 bits per heavy atom. The smallest absolute Gasteiger partial charge is 0.328 e. The van der Waals surface area contributed by atoms with E-state index < -0.39 is 5.97 Å². The molecule has 0 aromatic carbocycles. The van der Waals surface area contributed by atoms with Crippen LogP contribution in [0.5, 0.6) is 0 Å². The number of rotatable bonds is 13. The molecule has 2 unspecified atom stereocenters. The van der Waals surface area contributed by atoms with Gasteiger partial charge in [0, 0.05) is 6.08 Å². The van der Waals surface area contributed by atoms with E-state index in [1.807, 2.05) is 6.08 Å². The van der Waals surface area contributed by atoms with Crippen molar-refractivity contribution in [3.05, 3.63) is 24.3 Å². The van der Waals surface area contributed by atoms with Gasteiger partial charge in [-0.1, -0.05) is 63.7 Å². The highest BCUT2D eigenvalue weighted by atomic mass is 16.6. The minimum Gasteiger partial charge on any atom is -0.478 e. The monoisotopic (exact) mass is 294 g/mol. The highest BCUT2D eigenvalue weighted by Gasteiger charge is 2.36. The molecule has 1 rings (SSSR count). The van der Waals surface area contributed by atoms with E-state index in [1.54, 1.807) is 12.2 Å². The molecular formula is C18H30O3. The van der Waals surface area contributed by atoms with Crippen LogP contribution in [0.25, 0.3) is 0 Å². The van der Waals surface area contributed by atoms with Gasteiger partial charge in [0.25, 0.3) is 0 Å². The van der Waals surface area contributed by atoms with Gasteiger partial charge in [-0.2, -0.15) is 0 Å². The molecular weight excluding hydrogens is 264 g/mol. The third-order valence-corrected chi connectivity index (χ3v) is 3.88. The van der Waals surface area contributed by atoms with Crippen LogP contribution in [-0.2, 0) is 9.53 Å². The van der Waals surface area contributed by atoms with Crippen LogP contribution in [-0.4, -0.2) is 23.3 Å². The summed E-state index contributed by atoms with van der Waals surface area (Å²) in [6.07, 6.45) is 20.1. The van der Waals surface area contributed by atoms with Crippen LogP contribution in [0.4, 0.5) is 0 Å². The van der Waals surface area contributed by atoms with Crippen molar-refractivity contribution >= 4 is 5.97 Å². The predicted octanol–water partition coefficient (Wildman–Crippen LogP) is 4.87. The molecule has 0 bridgehead atoms. The largest absolute Gasteiger partial charge is 0.478 e. The van der Waals surface area contributed by atoms with E-state index in [9.17, 15) is 4.79 Å². The lowest BCUT2D eigenvalue weighted by Gasteiger charge is -1.98. The van der Waals surface area contributed by atoms with Crippen molar-refractivity contribution in [1.29, 1.82) is 0 Å². The van der Waals surface area contributed by atoms with Crippen molar-refractivity contribution in [2.24, 2.45) is 0 Å². The lowest BCUT2D eigenvalue weighted by atomic mass is 10.1.